The van der Waals surface area contributed by atoms with E-state index < -0.39 is 6.10 Å². The number of carbonyl (C=O) groups excluding carboxylic acids is 1. The zero-order chi connectivity index (χ0) is 15.2. The summed E-state index contributed by atoms with van der Waals surface area (Å²) in [6.07, 6.45) is -0.605. The van der Waals surface area contributed by atoms with Gasteiger partial charge in [0.1, 0.15) is 11.6 Å². The Morgan fingerprint density at radius 3 is 2.43 bits per heavy atom. The van der Waals surface area contributed by atoms with E-state index in [1.54, 1.807) is 31.2 Å². The fourth-order valence-electron chi connectivity index (χ4n) is 1.71. The summed E-state index contributed by atoms with van der Waals surface area (Å²) >= 11 is 3.33. The van der Waals surface area contributed by atoms with E-state index in [1.807, 2.05) is 12.1 Å². The molecule has 0 unspecified atom stereocenters. The predicted molar refractivity (Wildman–Crippen MR) is 82.5 cm³/mol. The summed E-state index contributed by atoms with van der Waals surface area (Å²) in [5.41, 5.74) is 0.834. The molecule has 0 heterocycles. The molecule has 2 rings (SSSR count). The number of hydrogen-bond donors (Lipinski definition) is 1. The van der Waals surface area contributed by atoms with E-state index in [9.17, 15) is 9.18 Å². The molecular weight excluding hydrogens is 337 g/mol. The van der Waals surface area contributed by atoms with Crippen molar-refractivity contribution in [2.75, 3.05) is 0 Å². The maximum Gasteiger partial charge on any atom is 0.261 e. The fraction of sp³-hybridized carbons (Fsp3) is 0.188. The summed E-state index contributed by atoms with van der Waals surface area (Å²) in [4.78, 5) is 11.9. The zero-order valence-electron chi connectivity index (χ0n) is 11.5. The lowest BCUT2D eigenvalue weighted by atomic mass is 10.2. The third kappa shape index (κ3) is 4.86. The van der Waals surface area contributed by atoms with Gasteiger partial charge in [-0.15, -0.1) is 0 Å². The van der Waals surface area contributed by atoms with Gasteiger partial charge in [0.15, 0.2) is 6.10 Å². The summed E-state index contributed by atoms with van der Waals surface area (Å²) in [5, 5.41) is 2.75. The maximum absolute atomic E-state index is 12.8. The number of carbonyl (C=O) groups is 1. The molecule has 5 heteroatoms. The monoisotopic (exact) mass is 351 g/mol. The number of rotatable bonds is 5. The molecule has 0 bridgehead atoms. The van der Waals surface area contributed by atoms with Crippen LogP contribution < -0.4 is 10.1 Å². The Morgan fingerprint density at radius 1 is 1.19 bits per heavy atom. The molecule has 0 fully saturated rings. The van der Waals surface area contributed by atoms with Crippen LogP contribution in [0.25, 0.3) is 0 Å². The van der Waals surface area contributed by atoms with E-state index in [1.165, 1.54) is 12.1 Å². The Balaban J connectivity index is 1.84. The molecule has 0 aromatic heterocycles. The van der Waals surface area contributed by atoms with Crippen molar-refractivity contribution in [1.29, 1.82) is 0 Å². The minimum absolute atomic E-state index is 0.220. The van der Waals surface area contributed by atoms with Gasteiger partial charge in [0.05, 0.1) is 0 Å². The normalized spacial score (nSPS) is 11.8. The van der Waals surface area contributed by atoms with Crippen molar-refractivity contribution in [3.63, 3.8) is 0 Å². The summed E-state index contributed by atoms with van der Waals surface area (Å²) < 4.78 is 19.3. The summed E-state index contributed by atoms with van der Waals surface area (Å²) in [5.74, 6) is 0.113. The third-order valence-electron chi connectivity index (χ3n) is 2.88. The Kier molecular flexibility index (Phi) is 5.33. The van der Waals surface area contributed by atoms with Crippen molar-refractivity contribution >= 4 is 21.8 Å². The van der Waals surface area contributed by atoms with Gasteiger partial charge in [0.2, 0.25) is 0 Å². The Hall–Kier alpha value is -1.88. The van der Waals surface area contributed by atoms with Crippen molar-refractivity contribution in [3.8, 4) is 5.75 Å². The fourth-order valence-corrected chi connectivity index (χ4v) is 1.97. The van der Waals surface area contributed by atoms with E-state index >= 15 is 0 Å². The van der Waals surface area contributed by atoms with Crippen molar-refractivity contribution in [2.24, 2.45) is 0 Å². The quantitative estimate of drug-likeness (QED) is 0.892. The zero-order valence-corrected chi connectivity index (χ0v) is 13.1. The van der Waals surface area contributed by atoms with E-state index in [-0.39, 0.29) is 11.7 Å². The summed E-state index contributed by atoms with van der Waals surface area (Å²) in [6.45, 7) is 2.02. The van der Waals surface area contributed by atoms with Crippen LogP contribution in [-0.2, 0) is 11.3 Å². The van der Waals surface area contributed by atoms with E-state index in [2.05, 4.69) is 21.2 Å². The third-order valence-corrected chi connectivity index (χ3v) is 3.40. The number of ether oxygens (including phenoxy) is 1. The van der Waals surface area contributed by atoms with Crippen LogP contribution in [0.15, 0.2) is 53.0 Å². The van der Waals surface area contributed by atoms with Crippen LogP contribution >= 0.6 is 15.9 Å². The van der Waals surface area contributed by atoms with Crippen LogP contribution in [0.1, 0.15) is 12.5 Å². The molecule has 2 aromatic rings. The highest BCUT2D eigenvalue weighted by atomic mass is 79.9. The Labute approximate surface area is 131 Å². The van der Waals surface area contributed by atoms with Crippen LogP contribution in [0.3, 0.4) is 0 Å². The molecule has 3 nitrogen and oxygen atoms in total. The van der Waals surface area contributed by atoms with Crippen molar-refractivity contribution < 1.29 is 13.9 Å². The molecule has 1 amide bonds. The summed E-state index contributed by atoms with van der Waals surface area (Å²) in [7, 11) is 0. The SMILES string of the molecule is C[C@@H](Oc1ccc(Br)cc1)C(=O)NCc1ccc(F)cc1. The maximum atomic E-state index is 12.8. The van der Waals surface area contributed by atoms with Gasteiger partial charge in [0.25, 0.3) is 5.91 Å². The molecule has 21 heavy (non-hydrogen) atoms. The lowest BCUT2D eigenvalue weighted by Gasteiger charge is -2.14. The van der Waals surface area contributed by atoms with Crippen molar-refractivity contribution in [1.82, 2.24) is 5.32 Å². The minimum Gasteiger partial charge on any atom is -0.481 e. The molecule has 0 spiro atoms. The van der Waals surface area contributed by atoms with Crippen LogP contribution in [0.4, 0.5) is 4.39 Å². The second-order valence-electron chi connectivity index (χ2n) is 4.56. The molecule has 0 saturated heterocycles. The average molecular weight is 352 g/mol. The van der Waals surface area contributed by atoms with Crippen LogP contribution in [0.2, 0.25) is 0 Å². The molecular formula is C16H15BrFNO2. The minimum atomic E-state index is -0.605. The number of hydrogen-bond acceptors (Lipinski definition) is 2. The number of nitrogens with one attached hydrogen (secondary N) is 1. The number of halogens is 2. The van der Waals surface area contributed by atoms with Gasteiger partial charge >= 0.3 is 0 Å². The molecule has 1 atom stereocenters. The highest BCUT2D eigenvalue weighted by Crippen LogP contribution is 2.17. The molecule has 1 N–H and O–H groups in total. The number of amides is 1. The van der Waals surface area contributed by atoms with E-state index in [4.69, 9.17) is 4.74 Å². The van der Waals surface area contributed by atoms with Crippen LogP contribution in [-0.4, -0.2) is 12.0 Å². The van der Waals surface area contributed by atoms with E-state index in [0.29, 0.717) is 12.3 Å². The topological polar surface area (TPSA) is 38.3 Å². The first-order chi connectivity index (χ1) is 10.0. The molecule has 0 aliphatic rings. The Bertz CT molecular complexity index is 599. The second-order valence-corrected chi connectivity index (χ2v) is 5.47. The van der Waals surface area contributed by atoms with Crippen LogP contribution in [0.5, 0.6) is 5.75 Å². The lowest BCUT2D eigenvalue weighted by molar-refractivity contribution is -0.127. The highest BCUT2D eigenvalue weighted by Gasteiger charge is 2.14. The molecule has 2 aromatic carbocycles. The largest absolute Gasteiger partial charge is 0.481 e. The van der Waals surface area contributed by atoms with Gasteiger partial charge < -0.3 is 10.1 Å². The van der Waals surface area contributed by atoms with E-state index in [0.717, 1.165) is 10.0 Å². The standard InChI is InChI=1S/C16H15BrFNO2/c1-11(21-15-8-4-13(17)5-9-15)16(20)19-10-12-2-6-14(18)7-3-12/h2-9,11H,10H2,1H3,(H,19,20)/t11-/m1/s1. The average Bonchev–Trinajstić information content (AvgIpc) is 2.48. The molecule has 0 aliphatic carbocycles. The lowest BCUT2D eigenvalue weighted by Crippen LogP contribution is -2.35. The van der Waals surface area contributed by atoms with Crippen molar-refractivity contribution in [3.05, 3.63) is 64.4 Å². The first-order valence-electron chi connectivity index (χ1n) is 6.49. The molecule has 0 radical (unpaired) electrons. The highest BCUT2D eigenvalue weighted by molar-refractivity contribution is 9.10. The smallest absolute Gasteiger partial charge is 0.261 e. The first kappa shape index (κ1) is 15.5. The van der Waals surface area contributed by atoms with Gasteiger partial charge in [0, 0.05) is 11.0 Å². The first-order valence-corrected chi connectivity index (χ1v) is 7.28. The van der Waals surface area contributed by atoms with Gasteiger partial charge in [-0.3, -0.25) is 4.79 Å². The van der Waals surface area contributed by atoms with Gasteiger partial charge in [-0.05, 0) is 48.9 Å². The van der Waals surface area contributed by atoms with Gasteiger partial charge in [-0.2, -0.15) is 0 Å². The number of benzene rings is 2. The molecule has 0 aliphatic heterocycles. The molecule has 110 valence electrons. The summed E-state index contributed by atoms with van der Waals surface area (Å²) in [6, 6.07) is 13.3. The molecule has 0 saturated carbocycles. The van der Waals surface area contributed by atoms with Crippen molar-refractivity contribution in [2.45, 2.75) is 19.6 Å². The van der Waals surface area contributed by atoms with Crippen LogP contribution in [0, 0.1) is 5.82 Å². The van der Waals surface area contributed by atoms with Gasteiger partial charge in [-0.25, -0.2) is 4.39 Å². The second kappa shape index (κ2) is 7.22. The predicted octanol–water partition coefficient (Wildman–Crippen LogP) is 3.67. The Morgan fingerprint density at radius 2 is 1.81 bits per heavy atom. The van der Waals surface area contributed by atoms with Gasteiger partial charge in [-0.1, -0.05) is 28.1 Å².